The molecule has 0 bridgehead atoms. The van der Waals surface area contributed by atoms with Gasteiger partial charge in [0.2, 0.25) is 0 Å². The second-order valence-electron chi connectivity index (χ2n) is 2.11. The standard InChI is InChI=1S/C8H4INO2/c9-7-3-5(8(11)12)1-2-6(7)4-10/h1-3H,(H,11,12). The molecule has 0 unspecified atom stereocenters. The van der Waals surface area contributed by atoms with E-state index in [1.165, 1.54) is 18.2 Å². The van der Waals surface area contributed by atoms with Gasteiger partial charge in [-0.1, -0.05) is 0 Å². The molecule has 0 atom stereocenters. The number of hydrogen-bond donors (Lipinski definition) is 1. The molecule has 0 radical (unpaired) electrons. The van der Waals surface area contributed by atoms with Gasteiger partial charge >= 0.3 is 5.97 Å². The number of carbonyl (C=O) groups is 1. The van der Waals surface area contributed by atoms with Crippen LogP contribution < -0.4 is 0 Å². The number of aromatic carboxylic acids is 1. The predicted octanol–water partition coefficient (Wildman–Crippen LogP) is 1.86. The van der Waals surface area contributed by atoms with Crippen molar-refractivity contribution in [3.63, 3.8) is 0 Å². The lowest BCUT2D eigenvalue weighted by Gasteiger charge is -1.96. The van der Waals surface area contributed by atoms with E-state index in [1.807, 2.05) is 28.7 Å². The van der Waals surface area contributed by atoms with Crippen LogP contribution in [0.25, 0.3) is 0 Å². The van der Waals surface area contributed by atoms with Crippen LogP contribution in [0.15, 0.2) is 18.2 Å². The minimum atomic E-state index is -0.975. The molecule has 12 heavy (non-hydrogen) atoms. The van der Waals surface area contributed by atoms with Crippen LogP contribution in [0.1, 0.15) is 15.9 Å². The van der Waals surface area contributed by atoms with Crippen molar-refractivity contribution in [1.29, 1.82) is 5.26 Å². The second-order valence-corrected chi connectivity index (χ2v) is 3.27. The Morgan fingerprint density at radius 2 is 2.25 bits per heavy atom. The highest BCUT2D eigenvalue weighted by molar-refractivity contribution is 14.1. The zero-order valence-corrected chi connectivity index (χ0v) is 8.07. The summed E-state index contributed by atoms with van der Waals surface area (Å²) in [5.74, 6) is -0.975. The molecule has 0 saturated heterocycles. The Morgan fingerprint density at radius 1 is 1.58 bits per heavy atom. The Hall–Kier alpha value is -1.09. The Morgan fingerprint density at radius 3 is 2.67 bits per heavy atom. The van der Waals surface area contributed by atoms with Gasteiger partial charge in [0.15, 0.2) is 0 Å². The molecular weight excluding hydrogens is 269 g/mol. The molecular formula is C8H4INO2. The van der Waals surface area contributed by atoms with Crippen LogP contribution >= 0.6 is 22.6 Å². The Bertz CT molecular complexity index is 368. The normalized spacial score (nSPS) is 9.00. The molecule has 0 aliphatic carbocycles. The largest absolute Gasteiger partial charge is 0.478 e. The Balaban J connectivity index is 3.21. The lowest BCUT2D eigenvalue weighted by atomic mass is 10.1. The van der Waals surface area contributed by atoms with Gasteiger partial charge < -0.3 is 5.11 Å². The third kappa shape index (κ3) is 1.74. The molecule has 0 aromatic heterocycles. The monoisotopic (exact) mass is 273 g/mol. The number of carboxylic acids is 1. The van der Waals surface area contributed by atoms with Gasteiger partial charge in [0.1, 0.15) is 6.07 Å². The molecule has 0 saturated carbocycles. The number of nitrogens with zero attached hydrogens (tertiary/aromatic N) is 1. The average molecular weight is 273 g/mol. The third-order valence-corrected chi connectivity index (χ3v) is 2.23. The molecule has 1 aromatic rings. The third-order valence-electron chi connectivity index (χ3n) is 1.34. The van der Waals surface area contributed by atoms with Crippen LogP contribution in [-0.2, 0) is 0 Å². The summed E-state index contributed by atoms with van der Waals surface area (Å²) >= 11 is 1.93. The quantitative estimate of drug-likeness (QED) is 0.794. The predicted molar refractivity (Wildman–Crippen MR) is 50.8 cm³/mol. The summed E-state index contributed by atoms with van der Waals surface area (Å²) in [6.07, 6.45) is 0. The number of nitriles is 1. The molecule has 0 aliphatic rings. The maximum atomic E-state index is 10.5. The van der Waals surface area contributed by atoms with Gasteiger partial charge in [0, 0.05) is 3.57 Å². The fourth-order valence-corrected chi connectivity index (χ4v) is 1.37. The number of hydrogen-bond acceptors (Lipinski definition) is 2. The van der Waals surface area contributed by atoms with Crippen molar-refractivity contribution in [2.75, 3.05) is 0 Å². The molecule has 4 heteroatoms. The van der Waals surface area contributed by atoms with Gasteiger partial charge in [-0.2, -0.15) is 5.26 Å². The summed E-state index contributed by atoms with van der Waals surface area (Å²) < 4.78 is 0.662. The van der Waals surface area contributed by atoms with E-state index in [1.54, 1.807) is 0 Å². The zero-order valence-electron chi connectivity index (χ0n) is 5.91. The highest BCUT2D eigenvalue weighted by atomic mass is 127. The number of halogens is 1. The number of rotatable bonds is 1. The molecule has 60 valence electrons. The Labute approximate surface area is 82.8 Å². The summed E-state index contributed by atoms with van der Waals surface area (Å²) in [6, 6.07) is 6.36. The van der Waals surface area contributed by atoms with Gasteiger partial charge in [0.05, 0.1) is 11.1 Å². The topological polar surface area (TPSA) is 61.1 Å². The fourth-order valence-electron chi connectivity index (χ4n) is 0.739. The van der Waals surface area contributed by atoms with Crippen LogP contribution in [0.4, 0.5) is 0 Å². The number of carboxylic acid groups (broad SMARTS) is 1. The van der Waals surface area contributed by atoms with Crippen molar-refractivity contribution >= 4 is 28.6 Å². The minimum Gasteiger partial charge on any atom is -0.478 e. The van der Waals surface area contributed by atoms with Crippen molar-refractivity contribution in [1.82, 2.24) is 0 Å². The lowest BCUT2D eigenvalue weighted by molar-refractivity contribution is 0.0697. The molecule has 1 rings (SSSR count). The van der Waals surface area contributed by atoms with E-state index in [0.29, 0.717) is 9.13 Å². The SMILES string of the molecule is N#Cc1ccc(C(=O)O)cc1I. The molecule has 0 fully saturated rings. The van der Waals surface area contributed by atoms with Crippen molar-refractivity contribution in [3.05, 3.63) is 32.9 Å². The minimum absolute atomic E-state index is 0.207. The van der Waals surface area contributed by atoms with E-state index in [4.69, 9.17) is 10.4 Å². The smallest absolute Gasteiger partial charge is 0.335 e. The summed E-state index contributed by atoms with van der Waals surface area (Å²) in [5.41, 5.74) is 0.707. The van der Waals surface area contributed by atoms with Gasteiger partial charge in [-0.3, -0.25) is 0 Å². The first-order valence-electron chi connectivity index (χ1n) is 3.08. The molecule has 3 nitrogen and oxygen atoms in total. The van der Waals surface area contributed by atoms with Crippen molar-refractivity contribution < 1.29 is 9.90 Å². The number of benzene rings is 1. The average Bonchev–Trinajstić information content (AvgIpc) is 2.04. The summed E-state index contributed by atoms with van der Waals surface area (Å²) in [7, 11) is 0. The molecule has 0 heterocycles. The molecule has 1 N–H and O–H groups in total. The van der Waals surface area contributed by atoms with Crippen LogP contribution in [0, 0.1) is 14.9 Å². The maximum Gasteiger partial charge on any atom is 0.335 e. The van der Waals surface area contributed by atoms with Crippen LogP contribution in [0.5, 0.6) is 0 Å². The van der Waals surface area contributed by atoms with Crippen molar-refractivity contribution in [2.24, 2.45) is 0 Å². The second kappa shape index (κ2) is 3.54. The van der Waals surface area contributed by atoms with Crippen molar-refractivity contribution in [2.45, 2.75) is 0 Å². The van der Waals surface area contributed by atoms with E-state index in [2.05, 4.69) is 0 Å². The highest BCUT2D eigenvalue weighted by Gasteiger charge is 2.05. The van der Waals surface area contributed by atoms with E-state index in [-0.39, 0.29) is 5.56 Å². The molecule has 0 spiro atoms. The zero-order chi connectivity index (χ0) is 9.14. The van der Waals surface area contributed by atoms with E-state index in [0.717, 1.165) is 0 Å². The van der Waals surface area contributed by atoms with Gasteiger partial charge in [-0.05, 0) is 40.8 Å². The van der Waals surface area contributed by atoms with Crippen LogP contribution in [-0.4, -0.2) is 11.1 Å². The molecule has 1 aromatic carbocycles. The lowest BCUT2D eigenvalue weighted by Crippen LogP contribution is -1.97. The summed E-state index contributed by atoms with van der Waals surface area (Å²) in [4.78, 5) is 10.5. The first-order valence-corrected chi connectivity index (χ1v) is 4.16. The van der Waals surface area contributed by atoms with Crippen molar-refractivity contribution in [3.8, 4) is 6.07 Å². The maximum absolute atomic E-state index is 10.5. The van der Waals surface area contributed by atoms with E-state index < -0.39 is 5.97 Å². The van der Waals surface area contributed by atoms with Gasteiger partial charge in [-0.25, -0.2) is 4.79 Å². The summed E-state index contributed by atoms with van der Waals surface area (Å²) in [6.45, 7) is 0. The first-order chi connectivity index (χ1) is 5.65. The van der Waals surface area contributed by atoms with Gasteiger partial charge in [0.25, 0.3) is 0 Å². The van der Waals surface area contributed by atoms with Crippen LogP contribution in [0.3, 0.4) is 0 Å². The highest BCUT2D eigenvalue weighted by Crippen LogP contribution is 2.13. The van der Waals surface area contributed by atoms with E-state index in [9.17, 15) is 4.79 Å². The molecule has 0 amide bonds. The van der Waals surface area contributed by atoms with E-state index >= 15 is 0 Å². The summed E-state index contributed by atoms with van der Waals surface area (Å²) in [5, 5.41) is 17.1. The van der Waals surface area contributed by atoms with Crippen LogP contribution in [0.2, 0.25) is 0 Å². The Kier molecular flexibility index (Phi) is 2.65. The molecule has 0 aliphatic heterocycles. The first kappa shape index (κ1) is 9.00. The van der Waals surface area contributed by atoms with Gasteiger partial charge in [-0.15, -0.1) is 0 Å². The fraction of sp³-hybridized carbons (Fsp3) is 0.